The lowest BCUT2D eigenvalue weighted by Gasteiger charge is -2.14. The van der Waals surface area contributed by atoms with Gasteiger partial charge < -0.3 is 14.6 Å². The molecule has 0 heterocycles. The minimum Gasteiger partial charge on any atom is -0.386 e. The van der Waals surface area contributed by atoms with E-state index in [2.05, 4.69) is 0 Å². The highest BCUT2D eigenvalue weighted by molar-refractivity contribution is 5.32. The average molecular weight is 224 g/mol. The van der Waals surface area contributed by atoms with Gasteiger partial charge >= 0.3 is 0 Å². The van der Waals surface area contributed by atoms with E-state index in [4.69, 9.17) is 9.47 Å². The van der Waals surface area contributed by atoms with Crippen LogP contribution in [0.3, 0.4) is 0 Å². The van der Waals surface area contributed by atoms with Crippen LogP contribution in [-0.2, 0) is 9.47 Å². The van der Waals surface area contributed by atoms with Gasteiger partial charge in [0.2, 0.25) is 0 Å². The number of aliphatic hydroxyl groups is 1. The molecule has 1 N–H and O–H groups in total. The van der Waals surface area contributed by atoms with Crippen molar-refractivity contribution < 1.29 is 14.6 Å². The molecule has 0 amide bonds. The van der Waals surface area contributed by atoms with Crippen molar-refractivity contribution in [2.75, 3.05) is 26.9 Å². The van der Waals surface area contributed by atoms with E-state index in [1.807, 2.05) is 32.0 Å². The van der Waals surface area contributed by atoms with E-state index in [-0.39, 0.29) is 0 Å². The van der Waals surface area contributed by atoms with Crippen LogP contribution in [0.25, 0.3) is 0 Å². The van der Waals surface area contributed by atoms with Crippen molar-refractivity contribution in [3.63, 3.8) is 0 Å². The Morgan fingerprint density at radius 3 is 2.69 bits per heavy atom. The molecule has 1 aromatic rings. The van der Waals surface area contributed by atoms with E-state index in [0.717, 1.165) is 16.7 Å². The fourth-order valence-corrected chi connectivity index (χ4v) is 1.55. The summed E-state index contributed by atoms with van der Waals surface area (Å²) in [4.78, 5) is 0. The minimum atomic E-state index is -0.559. The summed E-state index contributed by atoms with van der Waals surface area (Å²) < 4.78 is 10.2. The second-order valence-corrected chi connectivity index (χ2v) is 3.94. The molecule has 3 nitrogen and oxygen atoms in total. The zero-order valence-electron chi connectivity index (χ0n) is 10.2. The van der Waals surface area contributed by atoms with Crippen molar-refractivity contribution in [3.8, 4) is 0 Å². The van der Waals surface area contributed by atoms with Crippen molar-refractivity contribution in [2.45, 2.75) is 20.0 Å². The maximum Gasteiger partial charge on any atom is 0.103 e. The van der Waals surface area contributed by atoms with Crippen LogP contribution in [0.1, 0.15) is 22.8 Å². The maximum atomic E-state index is 9.96. The molecule has 1 atom stereocenters. The standard InChI is InChI=1S/C13H20O3/c1-10-4-5-11(2)12(8-10)13(14)9-16-7-6-15-3/h4-5,8,13-14H,6-7,9H2,1-3H3. The molecular formula is C13H20O3. The summed E-state index contributed by atoms with van der Waals surface area (Å²) in [5.74, 6) is 0. The molecule has 0 aliphatic rings. The van der Waals surface area contributed by atoms with Gasteiger partial charge in [0.1, 0.15) is 6.10 Å². The van der Waals surface area contributed by atoms with Gasteiger partial charge in [0.15, 0.2) is 0 Å². The van der Waals surface area contributed by atoms with E-state index < -0.39 is 6.10 Å². The Bertz CT molecular complexity index is 323. The van der Waals surface area contributed by atoms with Gasteiger partial charge in [0.25, 0.3) is 0 Å². The third-order valence-electron chi connectivity index (χ3n) is 2.50. The van der Waals surface area contributed by atoms with Crippen LogP contribution < -0.4 is 0 Å². The lowest BCUT2D eigenvalue weighted by atomic mass is 10.0. The Hall–Kier alpha value is -0.900. The minimum absolute atomic E-state index is 0.313. The van der Waals surface area contributed by atoms with Crippen molar-refractivity contribution in [1.29, 1.82) is 0 Å². The zero-order valence-corrected chi connectivity index (χ0v) is 10.2. The molecular weight excluding hydrogens is 204 g/mol. The molecule has 1 aromatic carbocycles. The molecule has 0 fully saturated rings. The average Bonchev–Trinajstić information content (AvgIpc) is 2.27. The number of aliphatic hydroxyl groups excluding tert-OH is 1. The normalized spacial score (nSPS) is 12.8. The Kier molecular flexibility index (Phi) is 5.46. The molecule has 0 spiro atoms. The number of hydrogen-bond acceptors (Lipinski definition) is 3. The first-order chi connectivity index (χ1) is 7.65. The molecule has 0 saturated carbocycles. The van der Waals surface area contributed by atoms with E-state index in [9.17, 15) is 5.11 Å². The summed E-state index contributed by atoms with van der Waals surface area (Å²) in [6.45, 7) is 5.39. The van der Waals surface area contributed by atoms with E-state index in [1.165, 1.54) is 0 Å². The predicted octanol–water partition coefficient (Wildman–Crippen LogP) is 2.00. The van der Waals surface area contributed by atoms with Gasteiger partial charge in [-0.2, -0.15) is 0 Å². The van der Waals surface area contributed by atoms with Gasteiger partial charge in [-0.1, -0.05) is 23.8 Å². The number of benzene rings is 1. The summed E-state index contributed by atoms with van der Waals surface area (Å²) in [5, 5.41) is 9.96. The summed E-state index contributed by atoms with van der Waals surface area (Å²) in [6.07, 6.45) is -0.559. The highest BCUT2D eigenvalue weighted by Gasteiger charge is 2.10. The molecule has 0 aromatic heterocycles. The zero-order chi connectivity index (χ0) is 12.0. The van der Waals surface area contributed by atoms with Crippen LogP contribution in [0.5, 0.6) is 0 Å². The van der Waals surface area contributed by atoms with Crippen molar-refractivity contribution in [1.82, 2.24) is 0 Å². The van der Waals surface area contributed by atoms with Crippen LogP contribution >= 0.6 is 0 Å². The molecule has 0 saturated heterocycles. The van der Waals surface area contributed by atoms with Crippen molar-refractivity contribution in [2.24, 2.45) is 0 Å². The van der Waals surface area contributed by atoms with E-state index >= 15 is 0 Å². The first-order valence-corrected chi connectivity index (χ1v) is 5.47. The van der Waals surface area contributed by atoms with Crippen molar-refractivity contribution in [3.05, 3.63) is 34.9 Å². The summed E-state index contributed by atoms with van der Waals surface area (Å²) in [5.41, 5.74) is 3.18. The molecule has 1 unspecified atom stereocenters. The van der Waals surface area contributed by atoms with E-state index in [0.29, 0.717) is 19.8 Å². The summed E-state index contributed by atoms with van der Waals surface area (Å²) in [7, 11) is 1.63. The second kappa shape index (κ2) is 6.63. The van der Waals surface area contributed by atoms with Crippen LogP contribution in [0.2, 0.25) is 0 Å². The first kappa shape index (κ1) is 13.2. The predicted molar refractivity (Wildman–Crippen MR) is 63.6 cm³/mol. The van der Waals surface area contributed by atoms with Gasteiger partial charge in [-0.3, -0.25) is 0 Å². The number of ether oxygens (including phenoxy) is 2. The lowest BCUT2D eigenvalue weighted by molar-refractivity contribution is 0.0124. The molecule has 0 aliphatic carbocycles. The topological polar surface area (TPSA) is 38.7 Å². The molecule has 0 radical (unpaired) electrons. The number of methoxy groups -OCH3 is 1. The Balaban J connectivity index is 2.51. The Morgan fingerprint density at radius 1 is 1.25 bits per heavy atom. The summed E-state index contributed by atoms with van der Waals surface area (Å²) in [6, 6.07) is 6.06. The largest absolute Gasteiger partial charge is 0.386 e. The second-order valence-electron chi connectivity index (χ2n) is 3.94. The monoisotopic (exact) mass is 224 g/mol. The Labute approximate surface area is 97.0 Å². The summed E-state index contributed by atoms with van der Waals surface area (Å²) >= 11 is 0. The lowest BCUT2D eigenvalue weighted by Crippen LogP contribution is -2.11. The smallest absolute Gasteiger partial charge is 0.103 e. The van der Waals surface area contributed by atoms with Crippen LogP contribution in [0.15, 0.2) is 18.2 Å². The molecule has 16 heavy (non-hydrogen) atoms. The fourth-order valence-electron chi connectivity index (χ4n) is 1.55. The van der Waals surface area contributed by atoms with Crippen LogP contribution in [-0.4, -0.2) is 32.0 Å². The number of aryl methyl sites for hydroxylation is 2. The molecule has 0 aliphatic heterocycles. The third kappa shape index (κ3) is 3.93. The quantitative estimate of drug-likeness (QED) is 0.751. The van der Waals surface area contributed by atoms with E-state index in [1.54, 1.807) is 7.11 Å². The number of rotatable bonds is 6. The van der Waals surface area contributed by atoms with Crippen LogP contribution in [0.4, 0.5) is 0 Å². The molecule has 3 heteroatoms. The van der Waals surface area contributed by atoms with Gasteiger partial charge in [-0.25, -0.2) is 0 Å². The van der Waals surface area contributed by atoms with Gasteiger partial charge in [-0.05, 0) is 25.0 Å². The Morgan fingerprint density at radius 2 is 2.00 bits per heavy atom. The molecule has 90 valence electrons. The van der Waals surface area contributed by atoms with Crippen molar-refractivity contribution >= 4 is 0 Å². The first-order valence-electron chi connectivity index (χ1n) is 5.47. The van der Waals surface area contributed by atoms with Crippen LogP contribution in [0, 0.1) is 13.8 Å². The highest BCUT2D eigenvalue weighted by atomic mass is 16.5. The highest BCUT2D eigenvalue weighted by Crippen LogP contribution is 2.19. The SMILES string of the molecule is COCCOCC(O)c1cc(C)ccc1C. The molecule has 1 rings (SSSR count). The molecule has 0 bridgehead atoms. The van der Waals surface area contributed by atoms with Gasteiger partial charge in [-0.15, -0.1) is 0 Å². The fraction of sp³-hybridized carbons (Fsp3) is 0.538. The number of hydrogen-bond donors (Lipinski definition) is 1. The van der Waals surface area contributed by atoms with Gasteiger partial charge in [0.05, 0.1) is 19.8 Å². The third-order valence-corrected chi connectivity index (χ3v) is 2.50. The van der Waals surface area contributed by atoms with Gasteiger partial charge in [0, 0.05) is 7.11 Å². The maximum absolute atomic E-state index is 9.96.